The second kappa shape index (κ2) is 5.24. The third kappa shape index (κ3) is 2.44. The van der Waals surface area contributed by atoms with Crippen molar-refractivity contribution in [2.24, 2.45) is 0 Å². The van der Waals surface area contributed by atoms with E-state index in [0.717, 1.165) is 30.8 Å². The summed E-state index contributed by atoms with van der Waals surface area (Å²) in [5.41, 5.74) is 2.27. The molecule has 104 valence electrons. The Morgan fingerprint density at radius 2 is 2.30 bits per heavy atom. The molecule has 0 unspecified atom stereocenters. The van der Waals surface area contributed by atoms with Crippen LogP contribution in [0.15, 0.2) is 12.5 Å². The Hall–Kier alpha value is -2.51. The van der Waals surface area contributed by atoms with Gasteiger partial charge >= 0.3 is 5.97 Å². The third-order valence-corrected chi connectivity index (χ3v) is 3.27. The summed E-state index contributed by atoms with van der Waals surface area (Å²) >= 11 is 0. The molecule has 1 aliphatic rings. The van der Waals surface area contributed by atoms with Gasteiger partial charge in [0.15, 0.2) is 5.69 Å². The zero-order chi connectivity index (χ0) is 13.9. The van der Waals surface area contributed by atoms with Gasteiger partial charge in [-0.1, -0.05) is 5.21 Å². The predicted octanol–water partition coefficient (Wildman–Crippen LogP) is 0.367. The lowest BCUT2D eigenvalue weighted by Crippen LogP contribution is -2.13. The Bertz CT molecular complexity index is 639. The number of hydrogen-bond donors (Lipinski definition) is 2. The number of nitrogens with zero attached hydrogens (tertiary/aromatic N) is 5. The lowest BCUT2D eigenvalue weighted by Gasteiger charge is -2.09. The molecule has 2 heterocycles. The summed E-state index contributed by atoms with van der Waals surface area (Å²) in [6.45, 7) is 1.13. The van der Waals surface area contributed by atoms with E-state index in [4.69, 9.17) is 5.11 Å². The largest absolute Gasteiger partial charge is 0.476 e. The highest BCUT2D eigenvalue weighted by Crippen LogP contribution is 2.24. The number of aromatic carboxylic acids is 1. The van der Waals surface area contributed by atoms with Gasteiger partial charge in [0.25, 0.3) is 0 Å². The first-order valence-corrected chi connectivity index (χ1v) is 6.44. The van der Waals surface area contributed by atoms with Crippen LogP contribution in [-0.4, -0.2) is 42.6 Å². The van der Waals surface area contributed by atoms with Crippen molar-refractivity contribution in [3.05, 3.63) is 29.5 Å². The van der Waals surface area contributed by atoms with E-state index in [1.54, 1.807) is 6.33 Å². The fraction of sp³-hybridized carbons (Fsp3) is 0.417. The first-order valence-electron chi connectivity index (χ1n) is 6.44. The van der Waals surface area contributed by atoms with Gasteiger partial charge in [-0.3, -0.25) is 0 Å². The minimum Gasteiger partial charge on any atom is -0.476 e. The molecule has 0 saturated heterocycles. The highest BCUT2D eigenvalue weighted by molar-refractivity contribution is 5.84. The molecule has 0 bridgehead atoms. The lowest BCUT2D eigenvalue weighted by molar-refractivity contribution is 0.0690. The van der Waals surface area contributed by atoms with Crippen molar-refractivity contribution in [2.45, 2.75) is 25.8 Å². The van der Waals surface area contributed by atoms with E-state index >= 15 is 0 Å². The minimum absolute atomic E-state index is 0.0482. The Labute approximate surface area is 114 Å². The maximum Gasteiger partial charge on any atom is 0.358 e. The summed E-state index contributed by atoms with van der Waals surface area (Å²) in [4.78, 5) is 19.2. The number of anilines is 1. The van der Waals surface area contributed by atoms with Gasteiger partial charge in [-0.2, -0.15) is 0 Å². The number of rotatable bonds is 5. The molecule has 8 heteroatoms. The van der Waals surface area contributed by atoms with Gasteiger partial charge in [0.2, 0.25) is 0 Å². The maximum atomic E-state index is 10.7. The van der Waals surface area contributed by atoms with Gasteiger partial charge in [-0.05, 0) is 19.3 Å². The molecule has 0 aromatic carbocycles. The number of carboxylic acid groups (broad SMARTS) is 1. The van der Waals surface area contributed by atoms with Crippen LogP contribution in [0.2, 0.25) is 0 Å². The molecule has 0 atom stereocenters. The number of carboxylic acids is 1. The van der Waals surface area contributed by atoms with Crippen molar-refractivity contribution in [1.82, 2.24) is 25.0 Å². The van der Waals surface area contributed by atoms with E-state index in [1.807, 2.05) is 0 Å². The van der Waals surface area contributed by atoms with Gasteiger partial charge in [0.05, 0.1) is 12.7 Å². The van der Waals surface area contributed by atoms with Gasteiger partial charge < -0.3 is 10.4 Å². The summed E-state index contributed by atoms with van der Waals surface area (Å²) in [6, 6.07) is 0. The van der Waals surface area contributed by atoms with Crippen LogP contribution < -0.4 is 5.32 Å². The van der Waals surface area contributed by atoms with Gasteiger partial charge in [0.1, 0.15) is 12.1 Å². The summed E-state index contributed by atoms with van der Waals surface area (Å²) in [5, 5.41) is 19.3. The van der Waals surface area contributed by atoms with E-state index in [2.05, 4.69) is 25.6 Å². The van der Waals surface area contributed by atoms with Crippen molar-refractivity contribution in [1.29, 1.82) is 0 Å². The van der Waals surface area contributed by atoms with Gasteiger partial charge in [-0.25, -0.2) is 19.4 Å². The van der Waals surface area contributed by atoms with Crippen LogP contribution >= 0.6 is 0 Å². The van der Waals surface area contributed by atoms with Crippen molar-refractivity contribution >= 4 is 11.8 Å². The van der Waals surface area contributed by atoms with Crippen LogP contribution in [0.25, 0.3) is 0 Å². The monoisotopic (exact) mass is 274 g/mol. The Morgan fingerprint density at radius 1 is 1.40 bits per heavy atom. The van der Waals surface area contributed by atoms with Crippen molar-refractivity contribution in [3.8, 4) is 0 Å². The molecule has 0 radical (unpaired) electrons. The topological polar surface area (TPSA) is 106 Å². The molecular weight excluding hydrogens is 260 g/mol. The fourth-order valence-electron chi connectivity index (χ4n) is 2.31. The zero-order valence-electron chi connectivity index (χ0n) is 10.8. The number of aromatic nitrogens is 5. The van der Waals surface area contributed by atoms with Crippen molar-refractivity contribution in [2.75, 3.05) is 11.9 Å². The number of aryl methyl sites for hydroxylation is 1. The smallest absolute Gasteiger partial charge is 0.358 e. The second-order valence-corrected chi connectivity index (χ2v) is 4.60. The van der Waals surface area contributed by atoms with Crippen molar-refractivity contribution < 1.29 is 9.90 Å². The van der Waals surface area contributed by atoms with E-state index < -0.39 is 5.97 Å². The Kier molecular flexibility index (Phi) is 3.28. The molecule has 2 N–H and O–H groups in total. The van der Waals surface area contributed by atoms with Crippen LogP contribution in [0.4, 0.5) is 5.82 Å². The van der Waals surface area contributed by atoms with Crippen LogP contribution in [0.1, 0.15) is 28.2 Å². The molecule has 0 spiro atoms. The van der Waals surface area contributed by atoms with Crippen LogP contribution in [0.3, 0.4) is 0 Å². The number of fused-ring (bicyclic) bond motifs is 1. The molecule has 3 rings (SSSR count). The minimum atomic E-state index is -1.07. The molecule has 2 aromatic rings. The van der Waals surface area contributed by atoms with E-state index in [-0.39, 0.29) is 5.69 Å². The molecule has 0 aliphatic heterocycles. The Morgan fingerprint density at radius 3 is 3.10 bits per heavy atom. The van der Waals surface area contributed by atoms with E-state index in [9.17, 15) is 4.79 Å². The summed E-state index contributed by atoms with van der Waals surface area (Å²) < 4.78 is 1.50. The summed E-state index contributed by atoms with van der Waals surface area (Å²) in [6.07, 6.45) is 6.12. The molecule has 2 aromatic heterocycles. The van der Waals surface area contributed by atoms with Crippen LogP contribution in [0.5, 0.6) is 0 Å². The SMILES string of the molecule is O=C(O)c1cn(CCNc2ncnc3c2CCC3)nn1. The molecule has 0 fully saturated rings. The maximum absolute atomic E-state index is 10.7. The van der Waals surface area contributed by atoms with Crippen molar-refractivity contribution in [3.63, 3.8) is 0 Å². The first kappa shape index (κ1) is 12.5. The van der Waals surface area contributed by atoms with Crippen LogP contribution in [0, 0.1) is 0 Å². The average molecular weight is 274 g/mol. The highest BCUT2D eigenvalue weighted by atomic mass is 16.4. The lowest BCUT2D eigenvalue weighted by atomic mass is 10.2. The van der Waals surface area contributed by atoms with Gasteiger partial charge in [0, 0.05) is 17.8 Å². The van der Waals surface area contributed by atoms with Gasteiger partial charge in [-0.15, -0.1) is 5.10 Å². The second-order valence-electron chi connectivity index (χ2n) is 4.60. The molecular formula is C12H14N6O2. The Balaban J connectivity index is 1.60. The molecule has 0 amide bonds. The normalized spacial score (nSPS) is 13.2. The zero-order valence-corrected chi connectivity index (χ0v) is 10.8. The van der Waals surface area contributed by atoms with E-state index in [0.29, 0.717) is 13.1 Å². The first-order chi connectivity index (χ1) is 9.74. The molecule has 20 heavy (non-hydrogen) atoms. The quantitative estimate of drug-likeness (QED) is 0.811. The van der Waals surface area contributed by atoms with Crippen LogP contribution in [-0.2, 0) is 19.4 Å². The molecule has 8 nitrogen and oxygen atoms in total. The summed E-state index contributed by atoms with van der Waals surface area (Å²) in [7, 11) is 0. The molecule has 1 aliphatic carbocycles. The average Bonchev–Trinajstić information content (AvgIpc) is 3.07. The standard InChI is InChI=1S/C12H14N6O2/c19-12(20)10-6-18(17-16-10)5-4-13-11-8-2-1-3-9(8)14-7-15-11/h6-7H,1-5H2,(H,19,20)(H,13,14,15). The van der Waals surface area contributed by atoms with E-state index in [1.165, 1.54) is 16.4 Å². The number of nitrogens with one attached hydrogen (secondary N) is 1. The molecule has 0 saturated carbocycles. The highest BCUT2D eigenvalue weighted by Gasteiger charge is 2.16. The number of hydrogen-bond acceptors (Lipinski definition) is 6. The third-order valence-electron chi connectivity index (χ3n) is 3.27. The predicted molar refractivity (Wildman–Crippen MR) is 69.5 cm³/mol. The summed E-state index contributed by atoms with van der Waals surface area (Å²) in [5.74, 6) is -0.205. The fourth-order valence-corrected chi connectivity index (χ4v) is 2.31. The number of carbonyl (C=O) groups is 1.